The lowest BCUT2D eigenvalue weighted by Gasteiger charge is -2.24. The van der Waals surface area contributed by atoms with Crippen molar-refractivity contribution in [3.63, 3.8) is 0 Å². The number of carbonyl (C=O) groups is 1. The van der Waals surface area contributed by atoms with Gasteiger partial charge in [0.1, 0.15) is 23.6 Å². The van der Waals surface area contributed by atoms with Crippen molar-refractivity contribution >= 4 is 28.3 Å². The van der Waals surface area contributed by atoms with E-state index in [9.17, 15) is 4.79 Å². The van der Waals surface area contributed by atoms with E-state index < -0.39 is 0 Å². The van der Waals surface area contributed by atoms with E-state index in [0.717, 1.165) is 49.1 Å². The largest absolute Gasteiger partial charge is 0.343 e. The van der Waals surface area contributed by atoms with Crippen LogP contribution in [0.5, 0.6) is 0 Å². The number of anilines is 2. The molecule has 1 unspecified atom stereocenters. The lowest BCUT2D eigenvalue weighted by Crippen LogP contribution is -2.23. The molecular weight excluding hydrogens is 348 g/mol. The highest BCUT2D eigenvalue weighted by Crippen LogP contribution is 2.40. The molecular formula is C23H26N4O. The number of aryl methyl sites for hydroxylation is 1. The number of hydrogen-bond acceptors (Lipinski definition) is 4. The Labute approximate surface area is 165 Å². The molecule has 0 radical (unpaired) electrons. The van der Waals surface area contributed by atoms with Crippen LogP contribution in [0.25, 0.3) is 11.0 Å². The molecule has 0 spiro atoms. The van der Waals surface area contributed by atoms with E-state index in [4.69, 9.17) is 4.98 Å². The van der Waals surface area contributed by atoms with Gasteiger partial charge in [0, 0.05) is 30.3 Å². The Morgan fingerprint density at radius 3 is 2.96 bits per heavy atom. The number of nitrogens with one attached hydrogen (secondary N) is 1. The lowest BCUT2D eigenvalue weighted by atomic mass is 9.82. The molecule has 1 aliphatic heterocycles. The number of hydrogen-bond donors (Lipinski definition) is 1. The molecule has 1 aromatic carbocycles. The molecule has 1 N–H and O–H groups in total. The Kier molecular flexibility index (Phi) is 4.18. The Balaban J connectivity index is 1.57. The van der Waals surface area contributed by atoms with Crippen LogP contribution in [0, 0.1) is 11.8 Å². The van der Waals surface area contributed by atoms with Crippen LogP contribution in [0.15, 0.2) is 30.6 Å². The van der Waals surface area contributed by atoms with E-state index >= 15 is 0 Å². The summed E-state index contributed by atoms with van der Waals surface area (Å²) in [6.45, 7) is 5.17. The van der Waals surface area contributed by atoms with Gasteiger partial charge >= 0.3 is 0 Å². The van der Waals surface area contributed by atoms with Crippen LogP contribution in [-0.4, -0.2) is 27.3 Å². The van der Waals surface area contributed by atoms with Gasteiger partial charge in [-0.05, 0) is 48.8 Å². The summed E-state index contributed by atoms with van der Waals surface area (Å²) in [6.07, 6.45) is 6.00. The number of carbonyl (C=O) groups excluding carboxylic acids is 1. The second-order valence-electron chi connectivity index (χ2n) is 8.54. The number of aromatic amines is 1. The number of Topliss-reactive ketones (excluding diaryl/α,β-unsaturated/α-hetero) is 1. The molecule has 5 heteroatoms. The first-order valence-corrected chi connectivity index (χ1v) is 10.3. The van der Waals surface area contributed by atoms with Gasteiger partial charge in [-0.2, -0.15) is 0 Å². The highest BCUT2D eigenvalue weighted by molar-refractivity contribution is 5.95. The zero-order chi connectivity index (χ0) is 19.3. The van der Waals surface area contributed by atoms with Gasteiger partial charge in [0.05, 0.1) is 5.39 Å². The second-order valence-corrected chi connectivity index (χ2v) is 8.54. The number of ketones is 1. The fourth-order valence-electron chi connectivity index (χ4n) is 4.83. The van der Waals surface area contributed by atoms with E-state index in [1.54, 1.807) is 6.33 Å². The van der Waals surface area contributed by atoms with Crippen molar-refractivity contribution in [1.82, 2.24) is 15.0 Å². The molecule has 2 aliphatic rings. The monoisotopic (exact) mass is 374 g/mol. The summed E-state index contributed by atoms with van der Waals surface area (Å²) in [5.74, 6) is 1.91. The summed E-state index contributed by atoms with van der Waals surface area (Å²) in [7, 11) is 0. The molecule has 5 rings (SSSR count). The molecule has 1 aliphatic carbocycles. The standard InChI is InChI=1S/C23H26N4O/c1-14(2)11-20(28)16-7-8-18-17(12-16)21-22(26-18)24-13-25-23(21)27-10-9-15-5-3-4-6-19(15)27/h3-6,13-14,16H,7-12H2,1-2H3,(H,24,25,26). The molecule has 5 nitrogen and oxygen atoms in total. The molecule has 3 aromatic rings. The van der Waals surface area contributed by atoms with E-state index in [1.807, 2.05) is 0 Å². The maximum absolute atomic E-state index is 12.7. The highest BCUT2D eigenvalue weighted by Gasteiger charge is 2.31. The third kappa shape index (κ3) is 2.81. The van der Waals surface area contributed by atoms with Crippen LogP contribution in [0.2, 0.25) is 0 Å². The van der Waals surface area contributed by atoms with Gasteiger partial charge in [-0.3, -0.25) is 4.79 Å². The molecule has 0 fully saturated rings. The van der Waals surface area contributed by atoms with Crippen LogP contribution in [0.4, 0.5) is 11.5 Å². The third-order valence-electron chi connectivity index (χ3n) is 6.16. The Bertz CT molecular complexity index is 1050. The number of fused-ring (bicyclic) bond motifs is 4. The van der Waals surface area contributed by atoms with Crippen LogP contribution < -0.4 is 4.90 Å². The van der Waals surface area contributed by atoms with Crippen molar-refractivity contribution < 1.29 is 4.79 Å². The predicted octanol–water partition coefficient (Wildman–Crippen LogP) is 4.37. The molecule has 3 heterocycles. The minimum absolute atomic E-state index is 0.118. The minimum Gasteiger partial charge on any atom is -0.343 e. The maximum Gasteiger partial charge on any atom is 0.146 e. The second kappa shape index (κ2) is 6.73. The quantitative estimate of drug-likeness (QED) is 0.736. The zero-order valence-electron chi connectivity index (χ0n) is 16.5. The predicted molar refractivity (Wildman–Crippen MR) is 111 cm³/mol. The molecule has 0 amide bonds. The summed E-state index contributed by atoms with van der Waals surface area (Å²) in [5.41, 5.74) is 5.99. The molecule has 0 bridgehead atoms. The van der Waals surface area contributed by atoms with Gasteiger partial charge in [-0.1, -0.05) is 32.0 Å². The molecule has 2 aromatic heterocycles. The molecule has 1 atom stereocenters. The normalized spacial score (nSPS) is 18.5. The number of H-pyrrole nitrogens is 1. The van der Waals surface area contributed by atoms with Gasteiger partial charge in [-0.25, -0.2) is 9.97 Å². The Morgan fingerprint density at radius 2 is 2.11 bits per heavy atom. The summed E-state index contributed by atoms with van der Waals surface area (Å²) in [6, 6.07) is 8.55. The van der Waals surface area contributed by atoms with Crippen LogP contribution in [-0.2, 0) is 24.1 Å². The van der Waals surface area contributed by atoms with E-state index in [2.05, 4.69) is 53.0 Å². The summed E-state index contributed by atoms with van der Waals surface area (Å²) >= 11 is 0. The van der Waals surface area contributed by atoms with Crippen molar-refractivity contribution in [1.29, 1.82) is 0 Å². The van der Waals surface area contributed by atoms with Crippen LogP contribution in [0.3, 0.4) is 0 Å². The average molecular weight is 374 g/mol. The van der Waals surface area contributed by atoms with Gasteiger partial charge in [0.2, 0.25) is 0 Å². The van der Waals surface area contributed by atoms with E-state index in [1.165, 1.54) is 22.5 Å². The zero-order valence-corrected chi connectivity index (χ0v) is 16.5. The van der Waals surface area contributed by atoms with E-state index in [0.29, 0.717) is 18.1 Å². The topological polar surface area (TPSA) is 61.9 Å². The average Bonchev–Trinajstić information content (AvgIpc) is 3.28. The van der Waals surface area contributed by atoms with Crippen molar-refractivity contribution in [2.24, 2.45) is 11.8 Å². The SMILES string of the molecule is CC(C)CC(=O)C1CCc2[nH]c3ncnc(N4CCc5ccccc54)c3c2C1. The number of nitrogens with zero attached hydrogens (tertiary/aromatic N) is 3. The molecule has 28 heavy (non-hydrogen) atoms. The van der Waals surface area contributed by atoms with Crippen molar-refractivity contribution in [2.75, 3.05) is 11.4 Å². The summed E-state index contributed by atoms with van der Waals surface area (Å²) in [4.78, 5) is 27.8. The third-order valence-corrected chi connectivity index (χ3v) is 6.16. The number of aromatic nitrogens is 3. The first-order valence-electron chi connectivity index (χ1n) is 10.3. The highest BCUT2D eigenvalue weighted by atomic mass is 16.1. The number of rotatable bonds is 4. The number of benzene rings is 1. The van der Waals surface area contributed by atoms with Crippen molar-refractivity contribution in [2.45, 2.75) is 46.0 Å². The lowest BCUT2D eigenvalue weighted by molar-refractivity contribution is -0.123. The fraction of sp³-hybridized carbons (Fsp3) is 0.435. The van der Waals surface area contributed by atoms with Crippen molar-refractivity contribution in [3.05, 3.63) is 47.4 Å². The smallest absolute Gasteiger partial charge is 0.146 e. The summed E-state index contributed by atoms with van der Waals surface area (Å²) < 4.78 is 0. The Morgan fingerprint density at radius 1 is 1.25 bits per heavy atom. The van der Waals surface area contributed by atoms with E-state index in [-0.39, 0.29) is 5.92 Å². The number of para-hydroxylation sites is 1. The molecule has 0 saturated heterocycles. The summed E-state index contributed by atoms with van der Waals surface area (Å²) in [5, 5.41) is 1.11. The first kappa shape index (κ1) is 17.4. The first-order chi connectivity index (χ1) is 13.6. The Hall–Kier alpha value is -2.69. The fourth-order valence-corrected chi connectivity index (χ4v) is 4.83. The van der Waals surface area contributed by atoms with Gasteiger partial charge < -0.3 is 9.88 Å². The minimum atomic E-state index is 0.118. The van der Waals surface area contributed by atoms with Gasteiger partial charge in [0.15, 0.2) is 0 Å². The van der Waals surface area contributed by atoms with Crippen LogP contribution >= 0.6 is 0 Å². The van der Waals surface area contributed by atoms with Gasteiger partial charge in [0.25, 0.3) is 0 Å². The molecule has 0 saturated carbocycles. The molecule has 144 valence electrons. The van der Waals surface area contributed by atoms with Gasteiger partial charge in [-0.15, -0.1) is 0 Å². The van der Waals surface area contributed by atoms with Crippen molar-refractivity contribution in [3.8, 4) is 0 Å². The van der Waals surface area contributed by atoms with Crippen LogP contribution in [0.1, 0.15) is 43.5 Å². The maximum atomic E-state index is 12.7.